The average molecular weight is 384 g/mol. The van der Waals surface area contributed by atoms with Crippen LogP contribution in [-0.4, -0.2) is 25.3 Å². The van der Waals surface area contributed by atoms with Crippen molar-refractivity contribution in [3.8, 4) is 0 Å². The van der Waals surface area contributed by atoms with E-state index in [9.17, 15) is 13.2 Å². The molecule has 1 aliphatic carbocycles. The van der Waals surface area contributed by atoms with Crippen molar-refractivity contribution in [2.24, 2.45) is 11.8 Å². The van der Waals surface area contributed by atoms with Crippen LogP contribution < -0.4 is 0 Å². The van der Waals surface area contributed by atoms with Crippen LogP contribution in [0.25, 0.3) is 0 Å². The first-order chi connectivity index (χ1) is 13.0. The number of unbranched alkanes of at least 4 members (excludes halogenated alkanes) is 1. The molecule has 6 heteroatoms. The summed E-state index contributed by atoms with van der Waals surface area (Å²) in [6.45, 7) is 3.51. The summed E-state index contributed by atoms with van der Waals surface area (Å²) >= 11 is 0. The molecular weight excluding hydrogens is 357 g/mol. The normalized spacial score (nSPS) is 36.1. The van der Waals surface area contributed by atoms with Crippen LogP contribution in [0.3, 0.4) is 0 Å². The maximum Gasteiger partial charge on any atom is 0.286 e. The second-order valence-electron chi connectivity index (χ2n) is 8.13. The molecule has 4 aliphatic rings. The molecule has 0 amide bonds. The van der Waals surface area contributed by atoms with Gasteiger partial charge in [0.2, 0.25) is 0 Å². The summed E-state index contributed by atoms with van der Waals surface area (Å²) in [5, 5.41) is 0. The van der Waals surface area contributed by atoms with E-state index in [0.717, 1.165) is 57.1 Å². The van der Waals surface area contributed by atoms with E-state index in [1.165, 1.54) is 0 Å². The number of hydrogen-bond acceptors (Lipinski definition) is 3. The van der Waals surface area contributed by atoms with Gasteiger partial charge in [-0.2, -0.15) is 0 Å². The van der Waals surface area contributed by atoms with Crippen LogP contribution in [0.5, 0.6) is 0 Å². The van der Waals surface area contributed by atoms with Crippen LogP contribution in [0.4, 0.5) is 13.2 Å². The van der Waals surface area contributed by atoms with E-state index >= 15 is 0 Å². The first-order valence-electron chi connectivity index (χ1n) is 10.1. The molecule has 27 heavy (non-hydrogen) atoms. The lowest BCUT2D eigenvalue weighted by atomic mass is 9.77. The summed E-state index contributed by atoms with van der Waals surface area (Å²) < 4.78 is 58.6. The smallest absolute Gasteiger partial charge is 0.286 e. The van der Waals surface area contributed by atoms with E-state index < -0.39 is 23.4 Å². The third-order valence-electron chi connectivity index (χ3n) is 6.39. The van der Waals surface area contributed by atoms with Crippen LogP contribution in [0.2, 0.25) is 0 Å². The Balaban J connectivity index is 1.41. The second kappa shape index (κ2) is 7.72. The average Bonchev–Trinajstić information content (AvgIpc) is 2.71. The SMILES string of the molecule is CCCCC1OC2(C3CCC(c4cc(F)c(F)c(F)c4)CC3)OCC1CO2. The van der Waals surface area contributed by atoms with Crippen molar-refractivity contribution in [1.29, 1.82) is 0 Å². The third-order valence-corrected chi connectivity index (χ3v) is 6.39. The summed E-state index contributed by atoms with van der Waals surface area (Å²) in [5.41, 5.74) is 0.526. The quantitative estimate of drug-likeness (QED) is 0.646. The van der Waals surface area contributed by atoms with Crippen molar-refractivity contribution in [3.63, 3.8) is 0 Å². The zero-order valence-electron chi connectivity index (χ0n) is 15.7. The maximum atomic E-state index is 13.6. The lowest BCUT2D eigenvalue weighted by Crippen LogP contribution is -2.62. The molecule has 0 aromatic heterocycles. The van der Waals surface area contributed by atoms with E-state index in [-0.39, 0.29) is 17.9 Å². The van der Waals surface area contributed by atoms with Gasteiger partial charge in [-0.3, -0.25) is 0 Å². The van der Waals surface area contributed by atoms with Gasteiger partial charge in [-0.05, 0) is 55.7 Å². The highest BCUT2D eigenvalue weighted by molar-refractivity contribution is 5.23. The minimum Gasteiger partial charge on any atom is -0.327 e. The molecule has 3 saturated heterocycles. The molecule has 1 saturated carbocycles. The summed E-state index contributed by atoms with van der Waals surface area (Å²) in [6.07, 6.45) is 6.55. The highest BCUT2D eigenvalue weighted by Gasteiger charge is 2.54. The van der Waals surface area contributed by atoms with Gasteiger partial charge in [-0.25, -0.2) is 13.2 Å². The molecule has 1 unspecified atom stereocenters. The summed E-state index contributed by atoms with van der Waals surface area (Å²) in [6, 6.07) is 2.25. The molecule has 0 spiro atoms. The van der Waals surface area contributed by atoms with Crippen molar-refractivity contribution >= 4 is 0 Å². The van der Waals surface area contributed by atoms with E-state index in [0.29, 0.717) is 24.7 Å². The van der Waals surface area contributed by atoms with Gasteiger partial charge in [0.05, 0.1) is 19.3 Å². The number of ether oxygens (including phenoxy) is 3. The summed E-state index contributed by atoms with van der Waals surface area (Å²) in [7, 11) is 0. The lowest BCUT2D eigenvalue weighted by Gasteiger charge is -2.53. The predicted molar refractivity (Wildman–Crippen MR) is 93.5 cm³/mol. The standard InChI is InChI=1S/C21H27F3O3/c1-2-3-4-19-15-11-25-21(27-19,26-12-15)16-7-5-13(6-8-16)14-9-17(22)20(24)18(23)10-14/h9-10,13,15-16,19H,2-8,11-12H2,1H3. The molecule has 1 aromatic rings. The Morgan fingerprint density at radius 1 is 1.00 bits per heavy atom. The molecule has 2 bridgehead atoms. The Kier molecular flexibility index (Phi) is 5.50. The van der Waals surface area contributed by atoms with Crippen molar-refractivity contribution < 1.29 is 27.4 Å². The fraction of sp³-hybridized carbons (Fsp3) is 0.714. The third kappa shape index (κ3) is 3.64. The molecule has 5 rings (SSSR count). The molecule has 0 radical (unpaired) electrons. The van der Waals surface area contributed by atoms with Crippen LogP contribution >= 0.6 is 0 Å². The van der Waals surface area contributed by atoms with Gasteiger partial charge in [0, 0.05) is 11.8 Å². The number of benzene rings is 1. The predicted octanol–water partition coefficient (Wildman–Crippen LogP) is 5.28. The van der Waals surface area contributed by atoms with Gasteiger partial charge < -0.3 is 14.2 Å². The van der Waals surface area contributed by atoms with E-state index in [4.69, 9.17) is 14.2 Å². The number of rotatable bonds is 5. The Bertz CT molecular complexity index is 642. The molecule has 0 N–H and O–H groups in total. The summed E-state index contributed by atoms with van der Waals surface area (Å²) in [4.78, 5) is 0. The molecular formula is C21H27F3O3. The monoisotopic (exact) mass is 384 g/mol. The Morgan fingerprint density at radius 2 is 1.63 bits per heavy atom. The molecule has 1 atom stereocenters. The maximum absolute atomic E-state index is 13.6. The minimum absolute atomic E-state index is 0.0121. The Labute approximate surface area is 158 Å². The number of halogens is 3. The second-order valence-corrected chi connectivity index (χ2v) is 8.13. The topological polar surface area (TPSA) is 27.7 Å². The van der Waals surface area contributed by atoms with E-state index in [2.05, 4.69) is 6.92 Å². The van der Waals surface area contributed by atoms with E-state index in [1.54, 1.807) is 0 Å². The van der Waals surface area contributed by atoms with Crippen LogP contribution in [0, 0.1) is 29.3 Å². The molecule has 3 aliphatic heterocycles. The zero-order valence-corrected chi connectivity index (χ0v) is 15.7. The molecule has 4 fully saturated rings. The summed E-state index contributed by atoms with van der Waals surface area (Å²) in [5.74, 6) is -4.18. The number of fused-ring (bicyclic) bond motifs is 3. The first kappa shape index (κ1) is 19.2. The fourth-order valence-corrected chi connectivity index (χ4v) is 4.75. The van der Waals surface area contributed by atoms with Crippen molar-refractivity contribution in [3.05, 3.63) is 35.1 Å². The Hall–Kier alpha value is -1.11. The first-order valence-corrected chi connectivity index (χ1v) is 10.1. The van der Waals surface area contributed by atoms with Gasteiger partial charge in [-0.15, -0.1) is 0 Å². The highest BCUT2D eigenvalue weighted by atomic mass is 19.2. The molecule has 3 nitrogen and oxygen atoms in total. The molecule has 150 valence electrons. The van der Waals surface area contributed by atoms with Crippen molar-refractivity contribution in [1.82, 2.24) is 0 Å². The van der Waals surface area contributed by atoms with Crippen LogP contribution in [0.15, 0.2) is 12.1 Å². The van der Waals surface area contributed by atoms with Gasteiger partial charge in [-0.1, -0.05) is 19.8 Å². The van der Waals surface area contributed by atoms with Crippen LogP contribution in [-0.2, 0) is 14.2 Å². The number of hydrogen-bond donors (Lipinski definition) is 0. The fourth-order valence-electron chi connectivity index (χ4n) is 4.75. The Morgan fingerprint density at radius 3 is 2.22 bits per heavy atom. The van der Waals surface area contributed by atoms with Gasteiger partial charge in [0.25, 0.3) is 5.97 Å². The zero-order chi connectivity index (χ0) is 19.0. The van der Waals surface area contributed by atoms with Crippen molar-refractivity contribution in [2.45, 2.75) is 69.9 Å². The highest BCUT2D eigenvalue weighted by Crippen LogP contribution is 2.48. The molecule has 3 heterocycles. The lowest BCUT2D eigenvalue weighted by molar-refractivity contribution is -0.488. The van der Waals surface area contributed by atoms with Gasteiger partial charge >= 0.3 is 0 Å². The largest absolute Gasteiger partial charge is 0.327 e. The van der Waals surface area contributed by atoms with Gasteiger partial charge in [0.1, 0.15) is 0 Å². The minimum atomic E-state index is -1.40. The van der Waals surface area contributed by atoms with Crippen molar-refractivity contribution in [2.75, 3.05) is 13.2 Å². The van der Waals surface area contributed by atoms with Crippen LogP contribution in [0.1, 0.15) is 63.4 Å². The molecule has 1 aromatic carbocycles. The van der Waals surface area contributed by atoms with Gasteiger partial charge in [0.15, 0.2) is 17.5 Å². The van der Waals surface area contributed by atoms with E-state index in [1.807, 2.05) is 0 Å².